The summed E-state index contributed by atoms with van der Waals surface area (Å²) < 4.78 is 12.2. The molecule has 2 N–H and O–H groups in total. The Bertz CT molecular complexity index is 379. The van der Waals surface area contributed by atoms with Crippen molar-refractivity contribution in [3.63, 3.8) is 0 Å². The summed E-state index contributed by atoms with van der Waals surface area (Å²) in [6.45, 7) is 5.21. The van der Waals surface area contributed by atoms with E-state index in [1.54, 1.807) is 25.1 Å². The largest absolute Gasteiger partial charge is 0.383 e. The van der Waals surface area contributed by atoms with Crippen LogP contribution < -0.4 is 5.73 Å². The molecule has 0 bridgehead atoms. The molecule has 0 radical (unpaired) electrons. The smallest absolute Gasteiger partial charge is 0.0834 e. The van der Waals surface area contributed by atoms with Crippen molar-refractivity contribution in [1.82, 2.24) is 9.78 Å². The first kappa shape index (κ1) is 15.4. The SMILES string of the molecule is COCCn1ncc(Cl)c1C(N)CC(C)(C)OC. The highest BCUT2D eigenvalue weighted by atomic mass is 35.5. The van der Waals surface area contributed by atoms with Crippen molar-refractivity contribution in [2.24, 2.45) is 5.73 Å². The van der Waals surface area contributed by atoms with Crippen molar-refractivity contribution in [3.8, 4) is 0 Å². The molecule has 0 fully saturated rings. The number of nitrogens with two attached hydrogens (primary N) is 1. The van der Waals surface area contributed by atoms with Crippen LogP contribution >= 0.6 is 11.6 Å². The van der Waals surface area contributed by atoms with Crippen molar-refractivity contribution in [3.05, 3.63) is 16.9 Å². The number of halogens is 1. The predicted octanol–water partition coefficient (Wildman–Crippen LogP) is 2.00. The van der Waals surface area contributed by atoms with E-state index in [4.69, 9.17) is 26.8 Å². The molecule has 1 atom stereocenters. The second-order valence-corrected chi connectivity index (χ2v) is 5.28. The van der Waals surface area contributed by atoms with Gasteiger partial charge in [-0.1, -0.05) is 11.6 Å². The zero-order chi connectivity index (χ0) is 13.8. The highest BCUT2D eigenvalue weighted by Gasteiger charge is 2.25. The number of rotatable bonds is 7. The van der Waals surface area contributed by atoms with Gasteiger partial charge in [-0.25, -0.2) is 0 Å². The van der Waals surface area contributed by atoms with Gasteiger partial charge in [0.25, 0.3) is 0 Å². The van der Waals surface area contributed by atoms with Gasteiger partial charge in [0.2, 0.25) is 0 Å². The van der Waals surface area contributed by atoms with E-state index in [-0.39, 0.29) is 11.6 Å². The lowest BCUT2D eigenvalue weighted by Gasteiger charge is -2.27. The first-order valence-electron chi connectivity index (χ1n) is 5.92. The van der Waals surface area contributed by atoms with Crippen molar-refractivity contribution < 1.29 is 9.47 Å². The van der Waals surface area contributed by atoms with Crippen molar-refractivity contribution >= 4 is 11.6 Å². The molecule has 5 nitrogen and oxygen atoms in total. The molecule has 1 rings (SSSR count). The van der Waals surface area contributed by atoms with Crippen molar-refractivity contribution in [2.45, 2.75) is 38.5 Å². The summed E-state index contributed by atoms with van der Waals surface area (Å²) in [5, 5.41) is 4.80. The number of hydrogen-bond acceptors (Lipinski definition) is 4. The number of nitrogens with zero attached hydrogens (tertiary/aromatic N) is 2. The van der Waals surface area contributed by atoms with Gasteiger partial charge in [0.15, 0.2) is 0 Å². The topological polar surface area (TPSA) is 62.3 Å². The van der Waals surface area contributed by atoms with Crippen LogP contribution in [0.15, 0.2) is 6.20 Å². The number of methoxy groups -OCH3 is 2. The van der Waals surface area contributed by atoms with E-state index < -0.39 is 0 Å². The Balaban J connectivity index is 2.83. The molecule has 1 heterocycles. The summed E-state index contributed by atoms with van der Waals surface area (Å²) in [6.07, 6.45) is 2.29. The van der Waals surface area contributed by atoms with Crippen LogP contribution in [0.3, 0.4) is 0 Å². The van der Waals surface area contributed by atoms with Crippen LogP contribution in [0.2, 0.25) is 5.02 Å². The highest BCUT2D eigenvalue weighted by molar-refractivity contribution is 6.31. The molecule has 0 saturated carbocycles. The third-order valence-electron chi connectivity index (χ3n) is 2.96. The van der Waals surface area contributed by atoms with Crippen LogP contribution in [0.25, 0.3) is 0 Å². The fraction of sp³-hybridized carbons (Fsp3) is 0.750. The Kier molecular flexibility index (Phi) is 5.59. The predicted molar refractivity (Wildman–Crippen MR) is 71.7 cm³/mol. The molecule has 0 saturated heterocycles. The number of hydrogen-bond donors (Lipinski definition) is 1. The van der Waals surface area contributed by atoms with E-state index >= 15 is 0 Å². The maximum absolute atomic E-state index is 6.21. The standard InChI is InChI=1S/C12H22ClN3O2/c1-12(2,18-4)7-10(14)11-9(13)8-15-16(11)5-6-17-3/h8,10H,5-7,14H2,1-4H3. The molecule has 1 unspecified atom stereocenters. The molecule has 0 aromatic carbocycles. The quantitative estimate of drug-likeness (QED) is 0.827. The van der Waals surface area contributed by atoms with Crippen molar-refractivity contribution in [2.75, 3.05) is 20.8 Å². The Hall–Kier alpha value is -0.620. The molecule has 6 heteroatoms. The molecule has 0 spiro atoms. The Labute approximate surface area is 113 Å². The molecule has 104 valence electrons. The van der Waals surface area contributed by atoms with Gasteiger partial charge < -0.3 is 15.2 Å². The molecule has 0 aliphatic carbocycles. The Morgan fingerprint density at radius 1 is 1.50 bits per heavy atom. The van der Waals surface area contributed by atoms with E-state index in [1.807, 2.05) is 13.8 Å². The lowest BCUT2D eigenvalue weighted by Crippen LogP contribution is -2.30. The summed E-state index contributed by atoms with van der Waals surface area (Å²) in [6, 6.07) is -0.216. The summed E-state index contributed by atoms with van der Waals surface area (Å²) in [5.74, 6) is 0. The summed E-state index contributed by atoms with van der Waals surface area (Å²) in [5.41, 5.74) is 6.75. The number of ether oxygens (including phenoxy) is 2. The summed E-state index contributed by atoms with van der Waals surface area (Å²) in [7, 11) is 3.33. The first-order chi connectivity index (χ1) is 8.41. The monoisotopic (exact) mass is 275 g/mol. The zero-order valence-electron chi connectivity index (χ0n) is 11.4. The summed E-state index contributed by atoms with van der Waals surface area (Å²) >= 11 is 6.15. The van der Waals surface area contributed by atoms with E-state index in [1.165, 1.54) is 0 Å². The minimum Gasteiger partial charge on any atom is -0.383 e. The van der Waals surface area contributed by atoms with Gasteiger partial charge >= 0.3 is 0 Å². The third-order valence-corrected chi connectivity index (χ3v) is 3.25. The molecule has 18 heavy (non-hydrogen) atoms. The highest BCUT2D eigenvalue weighted by Crippen LogP contribution is 2.28. The van der Waals surface area contributed by atoms with Gasteiger partial charge in [0, 0.05) is 14.2 Å². The average molecular weight is 276 g/mol. The van der Waals surface area contributed by atoms with Crippen LogP contribution in [-0.4, -0.2) is 36.2 Å². The van der Waals surface area contributed by atoms with Gasteiger partial charge in [-0.15, -0.1) is 0 Å². The fourth-order valence-electron chi connectivity index (χ4n) is 1.81. The maximum Gasteiger partial charge on any atom is 0.0834 e. The van der Waals surface area contributed by atoms with E-state index in [0.717, 1.165) is 5.69 Å². The minimum absolute atomic E-state index is 0.216. The van der Waals surface area contributed by atoms with E-state index in [0.29, 0.717) is 24.6 Å². The Morgan fingerprint density at radius 2 is 2.17 bits per heavy atom. The molecule has 0 aliphatic rings. The van der Waals surface area contributed by atoms with Gasteiger partial charge in [0.1, 0.15) is 0 Å². The molecule has 1 aromatic rings. The van der Waals surface area contributed by atoms with Gasteiger partial charge in [0.05, 0.1) is 41.7 Å². The molecular formula is C12H22ClN3O2. The summed E-state index contributed by atoms with van der Waals surface area (Å²) in [4.78, 5) is 0. The minimum atomic E-state index is -0.293. The van der Waals surface area contributed by atoms with E-state index in [9.17, 15) is 0 Å². The maximum atomic E-state index is 6.21. The van der Waals surface area contributed by atoms with Gasteiger partial charge in [-0.3, -0.25) is 4.68 Å². The van der Waals surface area contributed by atoms with Crippen LogP contribution in [-0.2, 0) is 16.0 Å². The van der Waals surface area contributed by atoms with Crippen molar-refractivity contribution in [1.29, 1.82) is 0 Å². The fourth-order valence-corrected chi connectivity index (χ4v) is 2.09. The van der Waals surface area contributed by atoms with Crippen LogP contribution in [0.1, 0.15) is 32.0 Å². The lowest BCUT2D eigenvalue weighted by molar-refractivity contribution is 0.00928. The second-order valence-electron chi connectivity index (χ2n) is 4.87. The van der Waals surface area contributed by atoms with Crippen LogP contribution in [0.5, 0.6) is 0 Å². The molecule has 1 aromatic heterocycles. The third kappa shape index (κ3) is 3.95. The second kappa shape index (κ2) is 6.52. The Morgan fingerprint density at radius 3 is 2.72 bits per heavy atom. The molecule has 0 amide bonds. The lowest BCUT2D eigenvalue weighted by atomic mass is 9.97. The molecule has 0 aliphatic heterocycles. The molecular weight excluding hydrogens is 254 g/mol. The van der Waals surface area contributed by atoms with Gasteiger partial charge in [-0.2, -0.15) is 5.10 Å². The van der Waals surface area contributed by atoms with Crippen LogP contribution in [0.4, 0.5) is 0 Å². The normalized spacial score (nSPS) is 13.9. The van der Waals surface area contributed by atoms with Gasteiger partial charge in [-0.05, 0) is 20.3 Å². The number of aromatic nitrogens is 2. The average Bonchev–Trinajstić information content (AvgIpc) is 2.67. The van der Waals surface area contributed by atoms with E-state index in [2.05, 4.69) is 5.10 Å². The zero-order valence-corrected chi connectivity index (χ0v) is 12.2. The van der Waals surface area contributed by atoms with Crippen LogP contribution in [0, 0.1) is 0 Å². The first-order valence-corrected chi connectivity index (χ1v) is 6.30.